The molecule has 0 saturated carbocycles. The van der Waals surface area contributed by atoms with Crippen molar-refractivity contribution in [2.24, 2.45) is 5.41 Å². The zero-order valence-electron chi connectivity index (χ0n) is 15.6. The summed E-state index contributed by atoms with van der Waals surface area (Å²) in [5, 5.41) is 0. The van der Waals surface area contributed by atoms with Crippen molar-refractivity contribution < 1.29 is 9.53 Å². The van der Waals surface area contributed by atoms with Gasteiger partial charge >= 0.3 is 146 Å². The van der Waals surface area contributed by atoms with Crippen LogP contribution >= 0.6 is 0 Å². The molecule has 0 fully saturated rings. The Balaban J connectivity index is 2.90. The molecule has 1 unspecified atom stereocenters. The van der Waals surface area contributed by atoms with Crippen LogP contribution in [0.4, 0.5) is 0 Å². The van der Waals surface area contributed by atoms with E-state index < -0.39 is 36.8 Å². The van der Waals surface area contributed by atoms with Gasteiger partial charge in [0, 0.05) is 0 Å². The number of carbonyl (C=O) groups is 1. The van der Waals surface area contributed by atoms with E-state index in [0.29, 0.717) is 0 Å². The molecule has 0 bridgehead atoms. The second-order valence-corrected chi connectivity index (χ2v) is 37.9. The summed E-state index contributed by atoms with van der Waals surface area (Å²) < 4.78 is 8.20. The van der Waals surface area contributed by atoms with Crippen LogP contribution in [-0.2, 0) is 9.53 Å². The molecule has 0 aromatic rings. The third-order valence-electron chi connectivity index (χ3n) is 4.96. The molecular weight excluding hydrogens is 486 g/mol. The van der Waals surface area contributed by atoms with Gasteiger partial charge < -0.3 is 0 Å². The van der Waals surface area contributed by atoms with E-state index in [1.807, 2.05) is 0 Å². The fourth-order valence-corrected chi connectivity index (χ4v) is 13.5. The summed E-state index contributed by atoms with van der Waals surface area (Å²) in [5.74, 6) is 0.00719. The first-order valence-corrected chi connectivity index (χ1v) is 28.4. The van der Waals surface area contributed by atoms with E-state index in [1.165, 1.54) is 7.18 Å². The van der Waals surface area contributed by atoms with E-state index in [9.17, 15) is 4.79 Å². The molecule has 2 nitrogen and oxygen atoms in total. The number of ether oxygens (including phenoxy) is 1. The molecule has 1 aliphatic carbocycles. The van der Waals surface area contributed by atoms with Crippen molar-refractivity contribution in [2.45, 2.75) is 61.7 Å². The SMILES string of the molecule is C=[C](CCCC1(C(=O)OC)CCC=[C]1[Sn]([CH3])([CH3])[CH3])[Sn]([CH3])([CH3])[CH3]. The fourth-order valence-electron chi connectivity index (χ4n) is 3.56. The van der Waals surface area contributed by atoms with Crippen LogP contribution in [-0.4, -0.2) is 49.8 Å². The Morgan fingerprint density at radius 1 is 1.27 bits per heavy atom. The number of esters is 1. The van der Waals surface area contributed by atoms with Gasteiger partial charge in [-0.1, -0.05) is 0 Å². The number of hydrogen-bond acceptors (Lipinski definition) is 2. The number of methoxy groups -OCH3 is 1. The van der Waals surface area contributed by atoms with E-state index in [-0.39, 0.29) is 11.4 Å². The minimum absolute atomic E-state index is 0.00719. The minimum atomic E-state index is -2.28. The summed E-state index contributed by atoms with van der Waals surface area (Å²) in [6, 6.07) is 0. The zero-order valence-corrected chi connectivity index (χ0v) is 21.3. The predicted octanol–water partition coefficient (Wildman–Crippen LogP) is 5.35. The Labute approximate surface area is 145 Å². The van der Waals surface area contributed by atoms with Crippen LogP contribution < -0.4 is 0 Å². The molecule has 22 heavy (non-hydrogen) atoms. The summed E-state index contributed by atoms with van der Waals surface area (Å²) in [7, 11) is 1.54. The number of allylic oxidation sites excluding steroid dienone is 2. The van der Waals surface area contributed by atoms with E-state index in [1.54, 1.807) is 7.11 Å². The van der Waals surface area contributed by atoms with Gasteiger partial charge in [0.1, 0.15) is 0 Å². The zero-order chi connectivity index (χ0) is 17.2. The van der Waals surface area contributed by atoms with Crippen molar-refractivity contribution in [3.8, 4) is 0 Å². The molecule has 0 aromatic heterocycles. The maximum atomic E-state index is 12.6. The number of rotatable bonds is 7. The molecule has 1 rings (SSSR count). The molecule has 0 heterocycles. The normalized spacial score (nSPS) is 22.4. The number of hydrogen-bond donors (Lipinski definition) is 0. The molecule has 4 heteroatoms. The Bertz CT molecular complexity index is 466. The van der Waals surface area contributed by atoms with Crippen LogP contribution in [0, 0.1) is 5.41 Å². The van der Waals surface area contributed by atoms with E-state index in [2.05, 4.69) is 42.3 Å². The van der Waals surface area contributed by atoms with Crippen LogP contribution in [0.1, 0.15) is 32.1 Å². The Hall–Kier alpha value is 0.547. The van der Waals surface area contributed by atoms with Crippen LogP contribution in [0.15, 0.2) is 19.8 Å². The Kier molecular flexibility index (Phi) is 7.13. The fraction of sp³-hybridized carbons (Fsp3) is 0.722. The van der Waals surface area contributed by atoms with E-state index in [4.69, 9.17) is 4.74 Å². The number of carbonyl (C=O) groups excluding carboxylic acids is 1. The summed E-state index contributed by atoms with van der Waals surface area (Å²) in [6.07, 6.45) is 7.46. The molecule has 0 radical (unpaired) electrons. The van der Waals surface area contributed by atoms with Crippen molar-refractivity contribution in [1.82, 2.24) is 0 Å². The van der Waals surface area contributed by atoms with Gasteiger partial charge in [-0.25, -0.2) is 0 Å². The average Bonchev–Trinajstić information content (AvgIpc) is 2.81. The second-order valence-electron chi connectivity index (χ2n) is 8.69. The van der Waals surface area contributed by atoms with Gasteiger partial charge in [-0.15, -0.1) is 0 Å². The van der Waals surface area contributed by atoms with E-state index in [0.717, 1.165) is 32.1 Å². The molecular formula is C18H34O2Sn2. The van der Waals surface area contributed by atoms with Gasteiger partial charge in [0.25, 0.3) is 0 Å². The first-order valence-electron chi connectivity index (χ1n) is 8.43. The van der Waals surface area contributed by atoms with Crippen LogP contribution in [0.5, 0.6) is 0 Å². The first-order chi connectivity index (χ1) is 9.95. The molecule has 0 aliphatic heterocycles. The quantitative estimate of drug-likeness (QED) is 0.335. The van der Waals surface area contributed by atoms with Gasteiger partial charge in [0.05, 0.1) is 0 Å². The van der Waals surface area contributed by atoms with Gasteiger partial charge in [-0.05, 0) is 0 Å². The van der Waals surface area contributed by atoms with E-state index >= 15 is 0 Å². The van der Waals surface area contributed by atoms with Crippen LogP contribution in [0.25, 0.3) is 0 Å². The van der Waals surface area contributed by atoms with Gasteiger partial charge in [0.2, 0.25) is 0 Å². The van der Waals surface area contributed by atoms with Gasteiger partial charge in [-0.3, -0.25) is 0 Å². The molecule has 1 atom stereocenters. The van der Waals surface area contributed by atoms with Crippen LogP contribution in [0.2, 0.25) is 29.6 Å². The molecule has 0 spiro atoms. The third kappa shape index (κ3) is 4.78. The molecule has 0 amide bonds. The van der Waals surface area contributed by atoms with Crippen molar-refractivity contribution in [3.05, 3.63) is 19.8 Å². The Morgan fingerprint density at radius 3 is 2.32 bits per heavy atom. The third-order valence-corrected chi connectivity index (χ3v) is 18.3. The molecule has 0 N–H and O–H groups in total. The van der Waals surface area contributed by atoms with Crippen molar-refractivity contribution >= 4 is 42.7 Å². The van der Waals surface area contributed by atoms with Gasteiger partial charge in [-0.2, -0.15) is 0 Å². The molecule has 126 valence electrons. The predicted molar refractivity (Wildman–Crippen MR) is 101 cm³/mol. The topological polar surface area (TPSA) is 26.3 Å². The van der Waals surface area contributed by atoms with Crippen molar-refractivity contribution in [1.29, 1.82) is 0 Å². The van der Waals surface area contributed by atoms with Crippen LogP contribution in [0.3, 0.4) is 0 Å². The molecule has 1 aliphatic rings. The molecule has 0 aromatic carbocycles. The standard InChI is InChI=1S/C12H16O2.6CH3.2Sn/c1-3-4-5-8-12(11(13)14-2)9-6-7-10-12;;;;;;;;/h6H,1,4-5,7-8,10H2,2H3;6*1H3;;. The van der Waals surface area contributed by atoms with Gasteiger partial charge in [0.15, 0.2) is 0 Å². The summed E-state index contributed by atoms with van der Waals surface area (Å²) in [5.41, 5.74) is -0.309. The monoisotopic (exact) mass is 522 g/mol. The Morgan fingerprint density at radius 2 is 1.86 bits per heavy atom. The average molecular weight is 520 g/mol. The summed E-state index contributed by atoms with van der Waals surface area (Å²) in [4.78, 5) is 27.1. The second kappa shape index (κ2) is 7.62. The van der Waals surface area contributed by atoms with Crippen molar-refractivity contribution in [2.75, 3.05) is 7.11 Å². The molecule has 0 saturated heterocycles. The van der Waals surface area contributed by atoms with Crippen molar-refractivity contribution in [3.63, 3.8) is 0 Å². The summed E-state index contributed by atoms with van der Waals surface area (Å²) in [6.45, 7) is 4.32. The maximum absolute atomic E-state index is 12.6. The summed E-state index contributed by atoms with van der Waals surface area (Å²) >= 11 is -4.27. The first kappa shape index (κ1) is 20.6.